The van der Waals surface area contributed by atoms with Crippen LogP contribution in [0.1, 0.15) is 68.8 Å². The fourth-order valence-electron chi connectivity index (χ4n) is 2.58. The fourth-order valence-corrected chi connectivity index (χ4v) is 2.58. The molecule has 0 heterocycles. The van der Waals surface area contributed by atoms with Crippen molar-refractivity contribution >= 4 is 0 Å². The lowest BCUT2D eigenvalue weighted by molar-refractivity contribution is 0.549. The summed E-state index contributed by atoms with van der Waals surface area (Å²) in [7, 11) is 0. The SMILES string of the molecule is Cc1cc(C(C)(C)C)cc(C)c1C(N)CCC(C)N. The van der Waals surface area contributed by atoms with E-state index >= 15 is 0 Å². The van der Waals surface area contributed by atoms with E-state index in [9.17, 15) is 0 Å². The second kappa shape index (κ2) is 6.06. The summed E-state index contributed by atoms with van der Waals surface area (Å²) in [6, 6.07) is 4.89. The third-order valence-electron chi connectivity index (χ3n) is 3.76. The molecular weight excluding hydrogens is 232 g/mol. The first-order chi connectivity index (χ1) is 8.62. The van der Waals surface area contributed by atoms with Gasteiger partial charge in [-0.3, -0.25) is 0 Å². The van der Waals surface area contributed by atoms with Crippen molar-refractivity contribution in [3.05, 3.63) is 34.4 Å². The van der Waals surface area contributed by atoms with Crippen molar-refractivity contribution in [3.63, 3.8) is 0 Å². The zero-order valence-corrected chi connectivity index (χ0v) is 13.4. The van der Waals surface area contributed by atoms with Crippen LogP contribution in [0.2, 0.25) is 0 Å². The van der Waals surface area contributed by atoms with Crippen LogP contribution >= 0.6 is 0 Å². The molecule has 2 nitrogen and oxygen atoms in total. The highest BCUT2D eigenvalue weighted by molar-refractivity contribution is 5.42. The van der Waals surface area contributed by atoms with Crippen LogP contribution in [0.25, 0.3) is 0 Å². The Balaban J connectivity index is 3.03. The van der Waals surface area contributed by atoms with Gasteiger partial charge in [0.15, 0.2) is 0 Å². The molecule has 0 fully saturated rings. The summed E-state index contributed by atoms with van der Waals surface area (Å²) in [5, 5.41) is 0. The van der Waals surface area contributed by atoms with Gasteiger partial charge in [0.05, 0.1) is 0 Å². The maximum Gasteiger partial charge on any atom is 0.0300 e. The molecule has 1 aromatic carbocycles. The number of nitrogens with two attached hydrogens (primary N) is 2. The van der Waals surface area contributed by atoms with Gasteiger partial charge in [-0.2, -0.15) is 0 Å². The average molecular weight is 262 g/mol. The second-order valence-corrected chi connectivity index (χ2v) is 6.93. The van der Waals surface area contributed by atoms with Crippen molar-refractivity contribution < 1.29 is 0 Å². The summed E-state index contributed by atoms with van der Waals surface area (Å²) >= 11 is 0. The van der Waals surface area contributed by atoms with E-state index in [-0.39, 0.29) is 17.5 Å². The zero-order valence-electron chi connectivity index (χ0n) is 13.4. The molecule has 0 saturated heterocycles. The molecule has 0 aliphatic carbocycles. The number of hydrogen-bond donors (Lipinski definition) is 2. The molecule has 0 saturated carbocycles. The van der Waals surface area contributed by atoms with E-state index in [4.69, 9.17) is 11.5 Å². The Morgan fingerprint density at radius 2 is 1.47 bits per heavy atom. The molecule has 0 bridgehead atoms. The van der Waals surface area contributed by atoms with Gasteiger partial charge >= 0.3 is 0 Å². The number of aryl methyl sites for hydroxylation is 2. The van der Waals surface area contributed by atoms with Gasteiger partial charge in [-0.1, -0.05) is 32.9 Å². The van der Waals surface area contributed by atoms with E-state index in [1.54, 1.807) is 0 Å². The maximum atomic E-state index is 6.35. The molecule has 2 atom stereocenters. The summed E-state index contributed by atoms with van der Waals surface area (Å²) in [6.07, 6.45) is 1.93. The van der Waals surface area contributed by atoms with Gasteiger partial charge in [0.1, 0.15) is 0 Å². The minimum atomic E-state index is 0.0972. The third-order valence-corrected chi connectivity index (χ3v) is 3.76. The third kappa shape index (κ3) is 4.32. The molecule has 2 unspecified atom stereocenters. The number of benzene rings is 1. The Morgan fingerprint density at radius 3 is 1.84 bits per heavy atom. The Kier molecular flexibility index (Phi) is 5.17. The topological polar surface area (TPSA) is 52.0 Å². The molecule has 0 aliphatic rings. The standard InChI is InChI=1S/C17H30N2/c1-11-9-14(17(4,5)6)10-12(2)16(11)15(19)8-7-13(3)18/h9-10,13,15H,7-8,18-19H2,1-6H3. The first-order valence-corrected chi connectivity index (χ1v) is 7.25. The maximum absolute atomic E-state index is 6.35. The Hall–Kier alpha value is -0.860. The fraction of sp³-hybridized carbons (Fsp3) is 0.647. The zero-order chi connectivity index (χ0) is 14.8. The minimum absolute atomic E-state index is 0.0972. The normalized spacial score (nSPS) is 15.4. The van der Waals surface area contributed by atoms with Gasteiger partial charge in [-0.05, 0) is 61.3 Å². The van der Waals surface area contributed by atoms with Crippen LogP contribution in [0.5, 0.6) is 0 Å². The highest BCUT2D eigenvalue weighted by atomic mass is 14.7. The molecule has 0 aromatic heterocycles. The molecule has 0 aliphatic heterocycles. The van der Waals surface area contributed by atoms with Crippen LogP contribution in [-0.4, -0.2) is 6.04 Å². The van der Waals surface area contributed by atoms with Crippen LogP contribution in [0, 0.1) is 13.8 Å². The molecule has 0 spiro atoms. The molecule has 108 valence electrons. The van der Waals surface area contributed by atoms with Gasteiger partial charge in [-0.25, -0.2) is 0 Å². The van der Waals surface area contributed by atoms with Crippen molar-refractivity contribution in [1.82, 2.24) is 0 Å². The number of hydrogen-bond acceptors (Lipinski definition) is 2. The predicted molar refractivity (Wildman–Crippen MR) is 84.4 cm³/mol. The van der Waals surface area contributed by atoms with Crippen molar-refractivity contribution in [2.45, 2.75) is 71.9 Å². The lowest BCUT2D eigenvalue weighted by Crippen LogP contribution is -2.21. The highest BCUT2D eigenvalue weighted by Gasteiger charge is 2.18. The largest absolute Gasteiger partial charge is 0.328 e. The van der Waals surface area contributed by atoms with Gasteiger partial charge in [0.25, 0.3) is 0 Å². The number of rotatable bonds is 4. The van der Waals surface area contributed by atoms with E-state index < -0.39 is 0 Å². The second-order valence-electron chi connectivity index (χ2n) is 6.93. The first-order valence-electron chi connectivity index (χ1n) is 7.25. The molecule has 0 radical (unpaired) electrons. The monoisotopic (exact) mass is 262 g/mol. The van der Waals surface area contributed by atoms with Crippen LogP contribution in [0.4, 0.5) is 0 Å². The van der Waals surface area contributed by atoms with Crippen LogP contribution in [-0.2, 0) is 5.41 Å². The van der Waals surface area contributed by atoms with Crippen molar-refractivity contribution in [3.8, 4) is 0 Å². The molecule has 0 amide bonds. The van der Waals surface area contributed by atoms with Gasteiger partial charge in [0.2, 0.25) is 0 Å². The Morgan fingerprint density at radius 1 is 1.00 bits per heavy atom. The Bertz CT molecular complexity index is 404. The Labute approximate surface area is 118 Å². The average Bonchev–Trinajstić information content (AvgIpc) is 2.24. The summed E-state index contributed by atoms with van der Waals surface area (Å²) in [4.78, 5) is 0. The lowest BCUT2D eigenvalue weighted by atomic mass is 9.82. The molecule has 1 rings (SSSR count). The van der Waals surface area contributed by atoms with Crippen LogP contribution in [0.3, 0.4) is 0 Å². The van der Waals surface area contributed by atoms with Crippen molar-refractivity contribution in [2.24, 2.45) is 11.5 Å². The van der Waals surface area contributed by atoms with Gasteiger partial charge in [-0.15, -0.1) is 0 Å². The minimum Gasteiger partial charge on any atom is -0.328 e. The van der Waals surface area contributed by atoms with E-state index in [2.05, 4.69) is 46.8 Å². The predicted octanol–water partition coefficient (Wildman–Crippen LogP) is 3.73. The summed E-state index contributed by atoms with van der Waals surface area (Å²) in [5.41, 5.74) is 17.6. The molecule has 19 heavy (non-hydrogen) atoms. The molecule has 1 aromatic rings. The van der Waals surface area contributed by atoms with Crippen molar-refractivity contribution in [1.29, 1.82) is 0 Å². The van der Waals surface area contributed by atoms with Crippen LogP contribution < -0.4 is 11.5 Å². The smallest absolute Gasteiger partial charge is 0.0300 e. The summed E-state index contributed by atoms with van der Waals surface area (Å²) in [5.74, 6) is 0. The van der Waals surface area contributed by atoms with Gasteiger partial charge in [0, 0.05) is 12.1 Å². The molecule has 4 N–H and O–H groups in total. The van der Waals surface area contributed by atoms with Crippen molar-refractivity contribution in [2.75, 3.05) is 0 Å². The molecular formula is C17H30N2. The highest BCUT2D eigenvalue weighted by Crippen LogP contribution is 2.30. The summed E-state index contributed by atoms with van der Waals surface area (Å²) < 4.78 is 0. The quantitative estimate of drug-likeness (QED) is 0.868. The molecule has 2 heteroatoms. The summed E-state index contributed by atoms with van der Waals surface area (Å²) in [6.45, 7) is 13.1. The van der Waals surface area contributed by atoms with E-state index in [0.717, 1.165) is 12.8 Å². The lowest BCUT2D eigenvalue weighted by Gasteiger charge is -2.24. The van der Waals surface area contributed by atoms with E-state index in [0.29, 0.717) is 0 Å². The van der Waals surface area contributed by atoms with E-state index in [1.165, 1.54) is 22.3 Å². The van der Waals surface area contributed by atoms with Gasteiger partial charge < -0.3 is 11.5 Å². The first kappa shape index (κ1) is 16.2. The van der Waals surface area contributed by atoms with Crippen LogP contribution in [0.15, 0.2) is 12.1 Å². The van der Waals surface area contributed by atoms with E-state index in [1.807, 2.05) is 6.92 Å².